The molecule has 5 heteroatoms. The second-order valence-corrected chi connectivity index (χ2v) is 6.57. The predicted octanol–water partition coefficient (Wildman–Crippen LogP) is 1.13. The quantitative estimate of drug-likeness (QED) is 0.788. The predicted molar refractivity (Wildman–Crippen MR) is 77.1 cm³/mol. The molecule has 1 unspecified atom stereocenters. The van der Waals surface area contributed by atoms with E-state index in [1.54, 1.807) is 4.90 Å². The van der Waals surface area contributed by atoms with Gasteiger partial charge in [-0.2, -0.15) is 0 Å². The summed E-state index contributed by atoms with van der Waals surface area (Å²) in [4.78, 5) is 16.1. The minimum absolute atomic E-state index is 0.00754. The third-order valence-corrected chi connectivity index (χ3v) is 4.08. The van der Waals surface area contributed by atoms with Gasteiger partial charge < -0.3 is 20.2 Å². The van der Waals surface area contributed by atoms with Gasteiger partial charge in [0.15, 0.2) is 0 Å². The lowest BCUT2D eigenvalue weighted by atomic mass is 9.85. The van der Waals surface area contributed by atoms with E-state index in [-0.39, 0.29) is 30.1 Å². The summed E-state index contributed by atoms with van der Waals surface area (Å²) in [5.74, 6) is 0. The van der Waals surface area contributed by atoms with Gasteiger partial charge in [-0.25, -0.2) is 4.79 Å². The Hall–Kier alpha value is -0.810. The molecule has 2 atom stereocenters. The van der Waals surface area contributed by atoms with Crippen molar-refractivity contribution in [1.29, 1.82) is 0 Å². The first-order chi connectivity index (χ1) is 8.77. The molecular formula is C14H29N3O2. The fourth-order valence-corrected chi connectivity index (χ4v) is 2.71. The third kappa shape index (κ3) is 4.35. The molecule has 1 rings (SSSR count). The lowest BCUT2D eigenvalue weighted by Gasteiger charge is -2.36. The van der Waals surface area contributed by atoms with Crippen molar-refractivity contribution in [3.05, 3.63) is 0 Å². The molecule has 2 amide bonds. The molecule has 19 heavy (non-hydrogen) atoms. The molecule has 112 valence electrons. The van der Waals surface area contributed by atoms with Crippen molar-refractivity contribution in [1.82, 2.24) is 15.1 Å². The van der Waals surface area contributed by atoms with Crippen LogP contribution in [0.15, 0.2) is 0 Å². The number of rotatable bonds is 5. The van der Waals surface area contributed by atoms with Crippen LogP contribution in [0.1, 0.15) is 33.6 Å². The van der Waals surface area contributed by atoms with Gasteiger partial charge in [0.1, 0.15) is 0 Å². The number of hydrogen-bond acceptors (Lipinski definition) is 3. The number of amides is 2. The van der Waals surface area contributed by atoms with Crippen LogP contribution in [0.2, 0.25) is 0 Å². The Morgan fingerprint density at radius 1 is 1.53 bits per heavy atom. The highest BCUT2D eigenvalue weighted by Gasteiger charge is 2.32. The first kappa shape index (κ1) is 16.2. The Morgan fingerprint density at radius 3 is 2.68 bits per heavy atom. The second-order valence-electron chi connectivity index (χ2n) is 6.57. The molecule has 0 aromatic rings. The average Bonchev–Trinajstić information content (AvgIpc) is 2.74. The molecule has 0 saturated carbocycles. The largest absolute Gasteiger partial charge is 0.394 e. The molecule has 1 aliphatic heterocycles. The fraction of sp³-hybridized carbons (Fsp3) is 0.929. The van der Waals surface area contributed by atoms with Crippen LogP contribution in [0.3, 0.4) is 0 Å². The van der Waals surface area contributed by atoms with Crippen LogP contribution in [0.4, 0.5) is 4.79 Å². The number of aliphatic hydroxyl groups is 1. The first-order valence-electron chi connectivity index (χ1n) is 7.10. The summed E-state index contributed by atoms with van der Waals surface area (Å²) in [6.45, 7) is 8.08. The van der Waals surface area contributed by atoms with E-state index in [0.717, 1.165) is 25.9 Å². The molecule has 5 nitrogen and oxygen atoms in total. The van der Waals surface area contributed by atoms with Gasteiger partial charge in [-0.3, -0.25) is 0 Å². The monoisotopic (exact) mass is 271 g/mol. The zero-order valence-corrected chi connectivity index (χ0v) is 12.9. The number of nitrogens with one attached hydrogen (secondary N) is 1. The van der Waals surface area contributed by atoms with Crippen molar-refractivity contribution in [3.8, 4) is 0 Å². The highest BCUT2D eigenvalue weighted by Crippen LogP contribution is 2.22. The Balaban J connectivity index is 2.56. The van der Waals surface area contributed by atoms with Crippen molar-refractivity contribution in [2.45, 2.75) is 45.7 Å². The molecule has 1 fully saturated rings. The molecule has 0 aromatic heterocycles. The van der Waals surface area contributed by atoms with Gasteiger partial charge in [0, 0.05) is 19.1 Å². The topological polar surface area (TPSA) is 55.8 Å². The maximum absolute atomic E-state index is 12.2. The molecule has 1 aliphatic rings. The van der Waals surface area contributed by atoms with Crippen molar-refractivity contribution in [3.63, 3.8) is 0 Å². The number of nitrogens with zero attached hydrogens (tertiary/aromatic N) is 2. The summed E-state index contributed by atoms with van der Waals surface area (Å²) in [5, 5.41) is 12.4. The maximum Gasteiger partial charge on any atom is 0.317 e. The maximum atomic E-state index is 12.2. The Bertz CT molecular complexity index is 305. The number of hydrogen-bond donors (Lipinski definition) is 2. The normalized spacial score (nSPS) is 21.8. The molecule has 0 aliphatic carbocycles. The van der Waals surface area contributed by atoms with Crippen molar-refractivity contribution in [2.75, 3.05) is 33.8 Å². The minimum atomic E-state index is -0.0455. The molecule has 0 aromatic carbocycles. The summed E-state index contributed by atoms with van der Waals surface area (Å²) < 4.78 is 0. The fourth-order valence-electron chi connectivity index (χ4n) is 2.71. The SMILES string of the molecule is CC(NC(=O)N1CCC[C@H]1CO)C(C)(C)CN(C)C. The van der Waals surface area contributed by atoms with Crippen LogP contribution >= 0.6 is 0 Å². The van der Waals surface area contributed by atoms with E-state index in [1.165, 1.54) is 0 Å². The van der Waals surface area contributed by atoms with Gasteiger partial charge in [0.25, 0.3) is 0 Å². The Kier molecular flexibility index (Phi) is 5.62. The average molecular weight is 271 g/mol. The molecule has 1 heterocycles. The van der Waals surface area contributed by atoms with E-state index in [4.69, 9.17) is 0 Å². The first-order valence-corrected chi connectivity index (χ1v) is 7.10. The minimum Gasteiger partial charge on any atom is -0.394 e. The van der Waals surface area contributed by atoms with E-state index in [0.29, 0.717) is 0 Å². The molecule has 0 radical (unpaired) electrons. The smallest absolute Gasteiger partial charge is 0.317 e. The van der Waals surface area contributed by atoms with Crippen LogP contribution in [-0.4, -0.2) is 66.8 Å². The summed E-state index contributed by atoms with van der Waals surface area (Å²) >= 11 is 0. The number of carbonyl (C=O) groups excluding carboxylic acids is 1. The molecule has 0 spiro atoms. The summed E-state index contributed by atoms with van der Waals surface area (Å²) in [6, 6.07) is 0.0300. The lowest BCUT2D eigenvalue weighted by Crippen LogP contribution is -2.52. The zero-order valence-electron chi connectivity index (χ0n) is 12.9. The van der Waals surface area contributed by atoms with E-state index in [2.05, 4.69) is 24.1 Å². The molecule has 1 saturated heterocycles. The van der Waals surface area contributed by atoms with Gasteiger partial charge in [0.05, 0.1) is 12.6 Å². The van der Waals surface area contributed by atoms with Crippen molar-refractivity contribution in [2.24, 2.45) is 5.41 Å². The third-order valence-electron chi connectivity index (χ3n) is 4.08. The number of likely N-dealkylation sites (tertiary alicyclic amines) is 1. The van der Waals surface area contributed by atoms with Crippen LogP contribution in [0.25, 0.3) is 0 Å². The van der Waals surface area contributed by atoms with Crippen LogP contribution in [0.5, 0.6) is 0 Å². The van der Waals surface area contributed by atoms with Crippen LogP contribution in [0, 0.1) is 5.41 Å². The lowest BCUT2D eigenvalue weighted by molar-refractivity contribution is 0.139. The number of urea groups is 1. The standard InChI is InChI=1S/C14H29N3O2/c1-11(14(2,3)10-16(4)5)15-13(19)17-8-6-7-12(17)9-18/h11-12,18H,6-10H2,1-5H3,(H,15,19)/t11?,12-/m0/s1. The number of aliphatic hydroxyl groups excluding tert-OH is 1. The van der Waals surface area contributed by atoms with E-state index < -0.39 is 0 Å². The van der Waals surface area contributed by atoms with Gasteiger partial charge in [0.2, 0.25) is 0 Å². The van der Waals surface area contributed by atoms with E-state index in [9.17, 15) is 9.90 Å². The number of carbonyl (C=O) groups is 1. The van der Waals surface area contributed by atoms with Gasteiger partial charge in [-0.1, -0.05) is 13.8 Å². The zero-order chi connectivity index (χ0) is 14.6. The highest BCUT2D eigenvalue weighted by molar-refractivity contribution is 5.75. The van der Waals surface area contributed by atoms with Crippen LogP contribution < -0.4 is 5.32 Å². The summed E-state index contributed by atoms with van der Waals surface area (Å²) in [5.41, 5.74) is 0.00754. The summed E-state index contributed by atoms with van der Waals surface area (Å²) in [7, 11) is 4.08. The Labute approximate surface area is 117 Å². The van der Waals surface area contributed by atoms with Gasteiger partial charge in [-0.15, -0.1) is 0 Å². The molecule has 0 bridgehead atoms. The van der Waals surface area contributed by atoms with Crippen molar-refractivity contribution < 1.29 is 9.90 Å². The van der Waals surface area contributed by atoms with Gasteiger partial charge in [-0.05, 0) is 39.3 Å². The van der Waals surface area contributed by atoms with Gasteiger partial charge >= 0.3 is 6.03 Å². The van der Waals surface area contributed by atoms with E-state index in [1.807, 2.05) is 21.0 Å². The Morgan fingerprint density at radius 2 is 2.16 bits per heavy atom. The van der Waals surface area contributed by atoms with Crippen LogP contribution in [-0.2, 0) is 0 Å². The molecular weight excluding hydrogens is 242 g/mol. The second kappa shape index (κ2) is 6.57. The van der Waals surface area contributed by atoms with E-state index >= 15 is 0 Å². The molecule has 2 N–H and O–H groups in total. The highest BCUT2D eigenvalue weighted by atomic mass is 16.3. The van der Waals surface area contributed by atoms with Crippen molar-refractivity contribution >= 4 is 6.03 Å². The summed E-state index contributed by atoms with van der Waals surface area (Å²) in [6.07, 6.45) is 1.88.